The van der Waals surface area contributed by atoms with Crippen molar-refractivity contribution in [3.8, 4) is 0 Å². The number of carbonyl (C=O) groups excluding carboxylic acids is 1. The van der Waals surface area contributed by atoms with E-state index in [1.807, 2.05) is 0 Å². The first-order valence-corrected chi connectivity index (χ1v) is 12.6. The quantitative estimate of drug-likeness (QED) is 0.111. The molecule has 8 heteroatoms. The van der Waals surface area contributed by atoms with E-state index in [-0.39, 0.29) is 13.0 Å². The third kappa shape index (κ3) is 16.9. The van der Waals surface area contributed by atoms with Gasteiger partial charge in [-0.15, -0.1) is 0 Å². The Morgan fingerprint density at radius 1 is 0.828 bits per heavy atom. The van der Waals surface area contributed by atoms with Crippen molar-refractivity contribution in [3.63, 3.8) is 0 Å². The normalized spacial score (nSPS) is 12.8. The summed E-state index contributed by atoms with van der Waals surface area (Å²) in [7, 11) is -1.38. The SMILES string of the molecule is CCCCCCCCCCCCCCCC(=O)O[C@H](CF)COP(=O)(OC)OC. The van der Waals surface area contributed by atoms with Crippen LogP contribution in [0.4, 0.5) is 4.39 Å². The highest BCUT2D eigenvalue weighted by Gasteiger charge is 2.26. The number of carbonyl (C=O) groups is 1. The minimum atomic E-state index is -3.70. The van der Waals surface area contributed by atoms with Crippen LogP contribution in [0.25, 0.3) is 0 Å². The zero-order valence-electron chi connectivity index (χ0n) is 18.7. The summed E-state index contributed by atoms with van der Waals surface area (Å²) in [5.41, 5.74) is 0. The van der Waals surface area contributed by atoms with Gasteiger partial charge in [0.25, 0.3) is 0 Å². The van der Waals surface area contributed by atoms with Crippen LogP contribution in [-0.4, -0.2) is 39.6 Å². The van der Waals surface area contributed by atoms with Gasteiger partial charge < -0.3 is 4.74 Å². The summed E-state index contributed by atoms with van der Waals surface area (Å²) >= 11 is 0. The lowest BCUT2D eigenvalue weighted by Gasteiger charge is -2.18. The number of phosphoric ester groups is 1. The Kier molecular flexibility index (Phi) is 19.1. The van der Waals surface area contributed by atoms with Crippen molar-refractivity contribution in [2.24, 2.45) is 0 Å². The maximum atomic E-state index is 13.0. The topological polar surface area (TPSA) is 71.1 Å². The molecule has 0 aliphatic heterocycles. The summed E-state index contributed by atoms with van der Waals surface area (Å²) in [6.07, 6.45) is 15.1. The van der Waals surface area contributed by atoms with E-state index in [0.717, 1.165) is 33.5 Å². The fourth-order valence-electron chi connectivity index (χ4n) is 3.00. The molecule has 0 aromatic heterocycles. The Hall–Kier alpha value is -0.490. The summed E-state index contributed by atoms with van der Waals surface area (Å²) in [6, 6.07) is 0. The first-order chi connectivity index (χ1) is 14.0. The molecule has 0 bridgehead atoms. The fraction of sp³-hybridized carbons (Fsp3) is 0.952. The first-order valence-electron chi connectivity index (χ1n) is 11.1. The van der Waals surface area contributed by atoms with Crippen LogP contribution in [0.5, 0.6) is 0 Å². The van der Waals surface area contributed by atoms with Gasteiger partial charge in [0.2, 0.25) is 0 Å². The average molecular weight is 441 g/mol. The Labute approximate surface area is 176 Å². The molecule has 0 rings (SSSR count). The van der Waals surface area contributed by atoms with E-state index in [1.54, 1.807) is 0 Å². The average Bonchev–Trinajstić information content (AvgIpc) is 2.74. The van der Waals surface area contributed by atoms with Crippen LogP contribution < -0.4 is 0 Å². The van der Waals surface area contributed by atoms with E-state index < -0.39 is 26.6 Å². The zero-order valence-corrected chi connectivity index (χ0v) is 19.6. The van der Waals surface area contributed by atoms with E-state index in [4.69, 9.17) is 9.26 Å². The largest absolute Gasteiger partial charge is 0.474 e. The lowest BCUT2D eigenvalue weighted by Crippen LogP contribution is -2.25. The van der Waals surface area contributed by atoms with E-state index >= 15 is 0 Å². The number of phosphoric acid groups is 1. The molecule has 0 heterocycles. The fourth-order valence-corrected chi connectivity index (χ4v) is 3.71. The lowest BCUT2D eigenvalue weighted by molar-refractivity contribution is -0.152. The van der Waals surface area contributed by atoms with Gasteiger partial charge in [-0.3, -0.25) is 18.4 Å². The maximum Gasteiger partial charge on any atom is 0.474 e. The van der Waals surface area contributed by atoms with Gasteiger partial charge in [-0.05, 0) is 6.42 Å². The summed E-state index contributed by atoms with van der Waals surface area (Å²) in [6.45, 7) is 0.947. The summed E-state index contributed by atoms with van der Waals surface area (Å²) in [5.74, 6) is -0.469. The van der Waals surface area contributed by atoms with Gasteiger partial charge in [0, 0.05) is 20.6 Å². The molecule has 0 spiro atoms. The van der Waals surface area contributed by atoms with Crippen molar-refractivity contribution in [2.75, 3.05) is 27.5 Å². The van der Waals surface area contributed by atoms with Crippen LogP contribution in [-0.2, 0) is 27.7 Å². The van der Waals surface area contributed by atoms with Crippen molar-refractivity contribution in [2.45, 2.75) is 103 Å². The van der Waals surface area contributed by atoms with E-state index in [0.29, 0.717) is 0 Å². The Morgan fingerprint density at radius 3 is 1.69 bits per heavy atom. The van der Waals surface area contributed by atoms with Gasteiger partial charge in [-0.2, -0.15) is 0 Å². The summed E-state index contributed by atoms with van der Waals surface area (Å²) < 4.78 is 43.8. The highest BCUT2D eigenvalue weighted by atomic mass is 31.2. The second-order valence-electron chi connectivity index (χ2n) is 7.37. The predicted molar refractivity (Wildman–Crippen MR) is 114 cm³/mol. The van der Waals surface area contributed by atoms with Crippen LogP contribution in [0.2, 0.25) is 0 Å². The molecule has 0 N–H and O–H groups in total. The lowest BCUT2D eigenvalue weighted by atomic mass is 10.0. The Morgan fingerprint density at radius 2 is 1.28 bits per heavy atom. The molecule has 29 heavy (non-hydrogen) atoms. The number of ether oxygens (including phenoxy) is 1. The molecule has 0 saturated heterocycles. The van der Waals surface area contributed by atoms with E-state index in [9.17, 15) is 13.8 Å². The molecular weight excluding hydrogens is 398 g/mol. The van der Waals surface area contributed by atoms with E-state index in [1.165, 1.54) is 64.2 Å². The number of unbranched alkanes of at least 4 members (excludes halogenated alkanes) is 12. The van der Waals surface area contributed by atoms with Crippen molar-refractivity contribution < 1.29 is 32.1 Å². The molecular formula is C21H42FO6P. The predicted octanol–water partition coefficient (Wildman–Crippen LogP) is 6.77. The Bertz CT molecular complexity index is 427. The highest BCUT2D eigenvalue weighted by molar-refractivity contribution is 7.48. The van der Waals surface area contributed by atoms with Crippen LogP contribution in [0.1, 0.15) is 96.8 Å². The first kappa shape index (κ1) is 28.5. The van der Waals surface area contributed by atoms with Gasteiger partial charge in [-0.1, -0.05) is 84.0 Å². The third-order valence-corrected chi connectivity index (χ3v) is 6.18. The zero-order chi connectivity index (χ0) is 21.8. The summed E-state index contributed by atoms with van der Waals surface area (Å²) in [5, 5.41) is 0. The second kappa shape index (κ2) is 19.5. The number of rotatable bonds is 21. The van der Waals surface area contributed by atoms with Crippen LogP contribution >= 0.6 is 7.82 Å². The Balaban J connectivity index is 3.60. The summed E-state index contributed by atoms with van der Waals surface area (Å²) in [4.78, 5) is 11.8. The highest BCUT2D eigenvalue weighted by Crippen LogP contribution is 2.47. The molecule has 0 radical (unpaired) electrons. The molecule has 174 valence electrons. The molecule has 0 saturated carbocycles. The minimum Gasteiger partial charge on any atom is -0.457 e. The maximum absolute atomic E-state index is 13.0. The van der Waals surface area contributed by atoms with Gasteiger partial charge in [-0.25, -0.2) is 8.96 Å². The number of halogens is 1. The molecule has 0 fully saturated rings. The molecule has 0 aliphatic carbocycles. The van der Waals surface area contributed by atoms with Gasteiger partial charge in [0.05, 0.1) is 6.61 Å². The van der Waals surface area contributed by atoms with Gasteiger partial charge >= 0.3 is 13.8 Å². The number of esters is 1. The molecule has 0 unspecified atom stereocenters. The van der Waals surface area contributed by atoms with Crippen molar-refractivity contribution in [1.29, 1.82) is 0 Å². The monoisotopic (exact) mass is 440 g/mol. The van der Waals surface area contributed by atoms with Crippen molar-refractivity contribution in [3.05, 3.63) is 0 Å². The van der Waals surface area contributed by atoms with Crippen LogP contribution in [0.3, 0.4) is 0 Å². The minimum absolute atomic E-state index is 0.250. The van der Waals surface area contributed by atoms with Crippen molar-refractivity contribution in [1.82, 2.24) is 0 Å². The number of hydrogen-bond donors (Lipinski definition) is 0. The smallest absolute Gasteiger partial charge is 0.457 e. The molecule has 0 aromatic carbocycles. The van der Waals surface area contributed by atoms with Crippen LogP contribution in [0, 0.1) is 0 Å². The van der Waals surface area contributed by atoms with E-state index in [2.05, 4.69) is 16.0 Å². The molecule has 0 amide bonds. The van der Waals surface area contributed by atoms with Crippen LogP contribution in [0.15, 0.2) is 0 Å². The third-order valence-electron chi connectivity index (χ3n) is 4.82. The van der Waals surface area contributed by atoms with Gasteiger partial charge in [0.1, 0.15) is 6.67 Å². The second-order valence-corrected chi connectivity index (χ2v) is 9.25. The number of hydrogen-bond acceptors (Lipinski definition) is 6. The van der Waals surface area contributed by atoms with Crippen molar-refractivity contribution >= 4 is 13.8 Å². The van der Waals surface area contributed by atoms with Gasteiger partial charge in [0.15, 0.2) is 6.10 Å². The molecule has 0 aliphatic rings. The number of alkyl halides is 1. The standard InChI is InChI=1S/C21H42FO6P/c1-4-5-6-7-8-9-10-11-12-13-14-15-16-17-21(23)28-20(18-22)19-27-29(24,25-2)26-3/h20H,4-19H2,1-3H3/t20-/m1/s1. The molecule has 0 aromatic rings. The molecule has 6 nitrogen and oxygen atoms in total. The molecule has 1 atom stereocenters.